The Morgan fingerprint density at radius 3 is 2.59 bits per heavy atom. The molecule has 1 N–H and O–H groups in total. The fourth-order valence-electron chi connectivity index (χ4n) is 1.72. The number of amides is 1. The Morgan fingerprint density at radius 1 is 1.41 bits per heavy atom. The summed E-state index contributed by atoms with van der Waals surface area (Å²) in [5.41, 5.74) is 1.11. The molecule has 2 unspecified atom stereocenters. The van der Waals surface area contributed by atoms with Gasteiger partial charge in [-0.25, -0.2) is 9.74 Å². The van der Waals surface area contributed by atoms with Crippen LogP contribution in [0.3, 0.4) is 0 Å². The molecule has 1 rings (SSSR count). The lowest BCUT2D eigenvalue weighted by Gasteiger charge is -2.23. The first-order valence-corrected chi connectivity index (χ1v) is 5.80. The Labute approximate surface area is 101 Å². The first-order valence-electron chi connectivity index (χ1n) is 5.80. The van der Waals surface area contributed by atoms with Gasteiger partial charge >= 0.3 is 6.09 Å². The number of carbonyl (C=O) groups is 1. The molecule has 1 aromatic rings. The molecule has 0 saturated heterocycles. The van der Waals surface area contributed by atoms with Crippen LogP contribution >= 0.6 is 0 Å². The zero-order valence-corrected chi connectivity index (χ0v) is 10.2. The van der Waals surface area contributed by atoms with Gasteiger partial charge in [0.15, 0.2) is 0 Å². The van der Waals surface area contributed by atoms with Crippen molar-refractivity contribution < 1.29 is 14.3 Å². The third kappa shape index (κ3) is 4.43. The minimum atomic E-state index is -1.02. The van der Waals surface area contributed by atoms with Gasteiger partial charge in [-0.2, -0.15) is 0 Å². The maximum atomic E-state index is 11.7. The number of hydrogen-bond donors (Lipinski definition) is 1. The molecule has 0 radical (unpaired) electrons. The number of rotatable bonds is 5. The monoisotopic (exact) mass is 239 g/mol. The standard InChI is InChI=1S/C13H18FNO2/c1-3-10(2)12(15-13(16)17-14)9-11-7-5-4-6-8-11/h4-8,10,12H,3,9H2,1-2H3,(H,15,16). The fourth-order valence-corrected chi connectivity index (χ4v) is 1.72. The van der Waals surface area contributed by atoms with Gasteiger partial charge in [0.1, 0.15) is 0 Å². The van der Waals surface area contributed by atoms with Gasteiger partial charge in [0.05, 0.1) is 0 Å². The fraction of sp³-hybridized carbons (Fsp3) is 0.462. The quantitative estimate of drug-likeness (QED) is 0.856. The summed E-state index contributed by atoms with van der Waals surface area (Å²) in [5, 5.41) is 2.53. The lowest BCUT2D eigenvalue weighted by molar-refractivity contribution is -0.0642. The molecule has 0 aliphatic heterocycles. The van der Waals surface area contributed by atoms with Gasteiger partial charge in [0.25, 0.3) is 0 Å². The van der Waals surface area contributed by atoms with Crippen molar-refractivity contribution in [2.24, 2.45) is 5.92 Å². The zero-order chi connectivity index (χ0) is 12.7. The summed E-state index contributed by atoms with van der Waals surface area (Å²) in [5.74, 6) is 0.259. The summed E-state index contributed by atoms with van der Waals surface area (Å²) in [6.45, 7) is 4.05. The van der Waals surface area contributed by atoms with Crippen molar-refractivity contribution >= 4 is 6.09 Å². The molecule has 17 heavy (non-hydrogen) atoms. The van der Waals surface area contributed by atoms with E-state index in [2.05, 4.69) is 10.3 Å². The Kier molecular flexibility index (Phi) is 5.46. The molecular formula is C13H18FNO2. The molecule has 0 aliphatic rings. The molecule has 0 heterocycles. The van der Waals surface area contributed by atoms with Crippen LogP contribution in [-0.4, -0.2) is 12.1 Å². The normalized spacial score (nSPS) is 13.8. The van der Waals surface area contributed by atoms with Gasteiger partial charge in [-0.3, -0.25) is 0 Å². The molecule has 0 aliphatic carbocycles. The molecule has 0 bridgehead atoms. The first kappa shape index (κ1) is 13.5. The highest BCUT2D eigenvalue weighted by atomic mass is 19.3. The minimum absolute atomic E-state index is 0.120. The largest absolute Gasteiger partial charge is 0.445 e. The van der Waals surface area contributed by atoms with E-state index in [4.69, 9.17) is 0 Å². The van der Waals surface area contributed by atoms with Crippen molar-refractivity contribution in [1.29, 1.82) is 0 Å². The van der Waals surface area contributed by atoms with E-state index in [0.717, 1.165) is 12.0 Å². The lowest BCUT2D eigenvalue weighted by Crippen LogP contribution is -2.40. The third-order valence-corrected chi connectivity index (χ3v) is 3.00. The van der Waals surface area contributed by atoms with Crippen LogP contribution in [0.1, 0.15) is 25.8 Å². The average Bonchev–Trinajstić information content (AvgIpc) is 2.38. The van der Waals surface area contributed by atoms with E-state index >= 15 is 0 Å². The van der Waals surface area contributed by atoms with Gasteiger partial charge in [0.2, 0.25) is 0 Å². The minimum Gasteiger partial charge on any atom is -0.316 e. The highest BCUT2D eigenvalue weighted by molar-refractivity contribution is 5.66. The number of benzene rings is 1. The Bertz CT molecular complexity index is 343. The molecule has 0 spiro atoms. The zero-order valence-electron chi connectivity index (χ0n) is 10.2. The van der Waals surface area contributed by atoms with Gasteiger partial charge in [0, 0.05) is 10.6 Å². The smallest absolute Gasteiger partial charge is 0.316 e. The van der Waals surface area contributed by atoms with Gasteiger partial charge < -0.3 is 5.32 Å². The van der Waals surface area contributed by atoms with Crippen molar-refractivity contribution in [3.8, 4) is 0 Å². The van der Waals surface area contributed by atoms with E-state index in [1.54, 1.807) is 0 Å². The topological polar surface area (TPSA) is 38.3 Å². The van der Waals surface area contributed by atoms with Crippen LogP contribution in [0.15, 0.2) is 30.3 Å². The van der Waals surface area contributed by atoms with E-state index in [-0.39, 0.29) is 12.0 Å². The molecule has 94 valence electrons. The molecule has 0 aromatic heterocycles. The van der Waals surface area contributed by atoms with Crippen molar-refractivity contribution in [3.05, 3.63) is 35.9 Å². The average molecular weight is 239 g/mol. The Morgan fingerprint density at radius 2 is 2.06 bits per heavy atom. The summed E-state index contributed by atoms with van der Waals surface area (Å²) in [7, 11) is 0. The number of carbonyl (C=O) groups excluding carboxylic acids is 1. The van der Waals surface area contributed by atoms with Crippen LogP contribution in [0.25, 0.3) is 0 Å². The van der Waals surface area contributed by atoms with Crippen molar-refractivity contribution in [2.75, 3.05) is 0 Å². The van der Waals surface area contributed by atoms with Crippen molar-refractivity contribution in [1.82, 2.24) is 5.32 Å². The van der Waals surface area contributed by atoms with Crippen molar-refractivity contribution in [2.45, 2.75) is 32.7 Å². The Hall–Kier alpha value is -1.58. The van der Waals surface area contributed by atoms with Crippen LogP contribution in [0.2, 0.25) is 0 Å². The second kappa shape index (κ2) is 6.89. The molecule has 0 saturated carbocycles. The predicted molar refractivity (Wildman–Crippen MR) is 64.1 cm³/mol. The SMILES string of the molecule is CCC(C)C(Cc1ccccc1)NC(=O)OF. The molecule has 1 amide bonds. The van der Waals surface area contributed by atoms with Gasteiger partial charge in [-0.05, 0) is 17.9 Å². The first-order chi connectivity index (χ1) is 8.17. The van der Waals surface area contributed by atoms with Crippen LogP contribution in [-0.2, 0) is 11.4 Å². The van der Waals surface area contributed by atoms with E-state index < -0.39 is 6.09 Å². The van der Waals surface area contributed by atoms with E-state index in [9.17, 15) is 9.32 Å². The molecule has 2 atom stereocenters. The highest BCUT2D eigenvalue weighted by Gasteiger charge is 2.19. The third-order valence-electron chi connectivity index (χ3n) is 3.00. The Balaban J connectivity index is 2.67. The number of halogens is 1. The molecular weight excluding hydrogens is 221 g/mol. The molecule has 0 fully saturated rings. The summed E-state index contributed by atoms with van der Waals surface area (Å²) in [4.78, 5) is 14.1. The maximum absolute atomic E-state index is 11.7. The summed E-state index contributed by atoms with van der Waals surface area (Å²) >= 11 is 0. The predicted octanol–water partition coefficient (Wildman–Crippen LogP) is 3.25. The van der Waals surface area contributed by atoms with Crippen molar-refractivity contribution in [3.63, 3.8) is 0 Å². The second-order valence-electron chi connectivity index (χ2n) is 4.19. The van der Waals surface area contributed by atoms with E-state index in [0.29, 0.717) is 6.42 Å². The highest BCUT2D eigenvalue weighted by Crippen LogP contribution is 2.13. The van der Waals surface area contributed by atoms with E-state index in [1.165, 1.54) is 0 Å². The molecule has 3 nitrogen and oxygen atoms in total. The summed E-state index contributed by atoms with van der Waals surface area (Å²) < 4.78 is 11.7. The second-order valence-corrected chi connectivity index (χ2v) is 4.19. The van der Waals surface area contributed by atoms with E-state index in [1.807, 2.05) is 44.2 Å². The van der Waals surface area contributed by atoms with Gasteiger partial charge in [-0.15, -0.1) is 0 Å². The van der Waals surface area contributed by atoms with Crippen LogP contribution in [0, 0.1) is 5.92 Å². The maximum Gasteiger partial charge on any atom is 0.445 e. The van der Waals surface area contributed by atoms with Crippen LogP contribution < -0.4 is 5.32 Å². The summed E-state index contributed by atoms with van der Waals surface area (Å²) in [6.07, 6.45) is 0.556. The van der Waals surface area contributed by atoms with Crippen LogP contribution in [0.4, 0.5) is 9.32 Å². The number of nitrogens with one attached hydrogen (secondary N) is 1. The number of hydrogen-bond acceptors (Lipinski definition) is 2. The molecule has 4 heteroatoms. The lowest BCUT2D eigenvalue weighted by atomic mass is 9.93. The summed E-state index contributed by atoms with van der Waals surface area (Å²) in [6, 6.07) is 9.67. The van der Waals surface area contributed by atoms with Crippen LogP contribution in [0.5, 0.6) is 0 Å². The molecule has 1 aromatic carbocycles. The van der Waals surface area contributed by atoms with Gasteiger partial charge in [-0.1, -0.05) is 50.6 Å².